The number of sulfonamides is 1. The van der Waals surface area contributed by atoms with Crippen LogP contribution in [0.25, 0.3) is 0 Å². The van der Waals surface area contributed by atoms with Gasteiger partial charge < -0.3 is 9.47 Å². The molecule has 21 heavy (non-hydrogen) atoms. The molecule has 1 rings (SSSR count). The van der Waals surface area contributed by atoms with Crippen LogP contribution in [0.3, 0.4) is 0 Å². The number of hydrogen-bond donors (Lipinski definition) is 1. The maximum Gasteiger partial charge on any atom is 0.211 e. The molecule has 0 spiro atoms. The summed E-state index contributed by atoms with van der Waals surface area (Å²) in [6.45, 7) is 1.30. The molecule has 0 bridgehead atoms. The normalized spacial score (nSPS) is 12.1. The van der Waals surface area contributed by atoms with Crippen molar-refractivity contribution >= 4 is 19.9 Å². The number of ether oxygens (including phenoxy) is 2. The van der Waals surface area contributed by atoms with Gasteiger partial charge >= 0.3 is 0 Å². The molecule has 0 aliphatic carbocycles. The molecule has 0 fully saturated rings. The fraction of sp³-hybridized carbons (Fsp3) is 0.500. The first kappa shape index (κ1) is 17.7. The zero-order valence-electron chi connectivity index (χ0n) is 12.1. The Labute approximate surface area is 125 Å². The predicted molar refractivity (Wildman–Crippen MR) is 79.1 cm³/mol. The first-order valence-electron chi connectivity index (χ1n) is 6.18. The van der Waals surface area contributed by atoms with Gasteiger partial charge in [0.2, 0.25) is 10.0 Å². The van der Waals surface area contributed by atoms with Crippen LogP contribution in [-0.2, 0) is 19.9 Å². The van der Waals surface area contributed by atoms with Crippen LogP contribution in [0.4, 0.5) is 0 Å². The molecule has 0 aliphatic rings. The lowest BCUT2D eigenvalue weighted by Gasteiger charge is -2.10. The number of methoxy groups -OCH3 is 2. The Hall–Kier alpha value is -1.32. The Balaban J connectivity index is 2.88. The minimum Gasteiger partial charge on any atom is -0.493 e. The predicted octanol–water partition coefficient (Wildman–Crippen LogP) is 0.417. The highest BCUT2D eigenvalue weighted by molar-refractivity contribution is 7.91. The topological polar surface area (TPSA) is 98.8 Å². The lowest BCUT2D eigenvalue weighted by Crippen LogP contribution is -2.30. The smallest absolute Gasteiger partial charge is 0.211 e. The van der Waals surface area contributed by atoms with Gasteiger partial charge in [-0.1, -0.05) is 0 Å². The van der Waals surface area contributed by atoms with Gasteiger partial charge in [-0.05, 0) is 19.1 Å². The minimum absolute atomic E-state index is 0.0517. The van der Waals surface area contributed by atoms with Gasteiger partial charge in [-0.25, -0.2) is 21.6 Å². The lowest BCUT2D eigenvalue weighted by atomic mass is 10.3. The van der Waals surface area contributed by atoms with Crippen LogP contribution in [0.15, 0.2) is 23.1 Å². The summed E-state index contributed by atoms with van der Waals surface area (Å²) in [5, 5.41) is 0. The summed E-state index contributed by atoms with van der Waals surface area (Å²) >= 11 is 0. The maximum absolute atomic E-state index is 12.1. The third kappa shape index (κ3) is 4.87. The van der Waals surface area contributed by atoms with Crippen molar-refractivity contribution in [3.63, 3.8) is 0 Å². The molecule has 0 aromatic heterocycles. The van der Waals surface area contributed by atoms with Crippen molar-refractivity contribution in [1.82, 2.24) is 4.72 Å². The van der Waals surface area contributed by atoms with Crippen molar-refractivity contribution in [2.24, 2.45) is 0 Å². The second kappa shape index (κ2) is 7.10. The third-order valence-electron chi connectivity index (χ3n) is 2.79. The van der Waals surface area contributed by atoms with Crippen molar-refractivity contribution in [2.75, 3.05) is 32.3 Å². The Bertz CT molecular complexity index is 682. The van der Waals surface area contributed by atoms with Crippen LogP contribution >= 0.6 is 0 Å². The maximum atomic E-state index is 12.1. The van der Waals surface area contributed by atoms with Gasteiger partial charge in [0.1, 0.15) is 0 Å². The molecule has 1 aromatic rings. The molecule has 0 saturated carbocycles. The van der Waals surface area contributed by atoms with Crippen LogP contribution in [0, 0.1) is 0 Å². The fourth-order valence-electron chi connectivity index (χ4n) is 1.56. The van der Waals surface area contributed by atoms with E-state index in [1.165, 1.54) is 39.3 Å². The molecule has 9 heteroatoms. The summed E-state index contributed by atoms with van der Waals surface area (Å²) in [4.78, 5) is 0.0517. The average Bonchev–Trinajstić information content (AvgIpc) is 2.46. The van der Waals surface area contributed by atoms with E-state index in [1.807, 2.05) is 0 Å². The van der Waals surface area contributed by atoms with Crippen molar-refractivity contribution in [1.29, 1.82) is 0 Å². The van der Waals surface area contributed by atoms with E-state index in [9.17, 15) is 16.8 Å². The fourth-order valence-corrected chi connectivity index (χ4v) is 3.48. The summed E-state index contributed by atoms with van der Waals surface area (Å²) in [7, 11) is -4.16. The van der Waals surface area contributed by atoms with E-state index in [0.29, 0.717) is 11.5 Å². The standard InChI is InChI=1S/C12H19NO6S2/c1-4-21(16,17)13-7-8-20(14,15)10-5-6-11(18-2)12(9-10)19-3/h5-6,9,13H,4,7-8H2,1-3H3. The van der Waals surface area contributed by atoms with E-state index in [0.717, 1.165) is 0 Å². The molecule has 0 heterocycles. The molecule has 0 amide bonds. The molecular formula is C12H19NO6S2. The first-order valence-corrected chi connectivity index (χ1v) is 9.48. The molecule has 0 saturated heterocycles. The number of sulfone groups is 1. The van der Waals surface area contributed by atoms with Crippen molar-refractivity contribution < 1.29 is 26.3 Å². The molecule has 1 N–H and O–H groups in total. The van der Waals surface area contributed by atoms with Gasteiger partial charge in [-0.15, -0.1) is 0 Å². The average molecular weight is 337 g/mol. The second-order valence-electron chi connectivity index (χ2n) is 4.13. The molecule has 7 nitrogen and oxygen atoms in total. The lowest BCUT2D eigenvalue weighted by molar-refractivity contribution is 0.354. The molecule has 120 valence electrons. The highest BCUT2D eigenvalue weighted by atomic mass is 32.2. The summed E-state index contributed by atoms with van der Waals surface area (Å²) in [5.41, 5.74) is 0. The monoisotopic (exact) mass is 337 g/mol. The van der Waals surface area contributed by atoms with E-state index < -0.39 is 19.9 Å². The first-order chi connectivity index (χ1) is 9.75. The zero-order chi connectivity index (χ0) is 16.1. The van der Waals surface area contributed by atoms with Gasteiger partial charge in [0.15, 0.2) is 21.3 Å². The molecule has 0 radical (unpaired) electrons. The Morgan fingerprint density at radius 2 is 1.67 bits per heavy atom. The van der Waals surface area contributed by atoms with Gasteiger partial charge in [-0.2, -0.15) is 0 Å². The minimum atomic E-state index is -3.61. The van der Waals surface area contributed by atoms with E-state index in [4.69, 9.17) is 9.47 Å². The van der Waals surface area contributed by atoms with Crippen LogP contribution < -0.4 is 14.2 Å². The summed E-state index contributed by atoms with van der Waals surface area (Å²) in [5.74, 6) is 0.293. The zero-order valence-corrected chi connectivity index (χ0v) is 13.8. The molecule has 0 unspecified atom stereocenters. The van der Waals surface area contributed by atoms with E-state index in [2.05, 4.69) is 4.72 Å². The van der Waals surface area contributed by atoms with E-state index in [1.54, 1.807) is 0 Å². The summed E-state index contributed by atoms with van der Waals surface area (Å²) in [6, 6.07) is 4.23. The van der Waals surface area contributed by atoms with Crippen molar-refractivity contribution in [2.45, 2.75) is 11.8 Å². The highest BCUT2D eigenvalue weighted by Crippen LogP contribution is 2.29. The van der Waals surface area contributed by atoms with E-state index in [-0.39, 0.29) is 22.9 Å². The third-order valence-corrected chi connectivity index (χ3v) is 5.90. The molecule has 1 aromatic carbocycles. The SMILES string of the molecule is CCS(=O)(=O)NCCS(=O)(=O)c1ccc(OC)c(OC)c1. The highest BCUT2D eigenvalue weighted by Gasteiger charge is 2.18. The van der Waals surface area contributed by atoms with Crippen LogP contribution in [0.2, 0.25) is 0 Å². The van der Waals surface area contributed by atoms with Crippen LogP contribution in [0.1, 0.15) is 6.92 Å². The van der Waals surface area contributed by atoms with Crippen LogP contribution in [-0.4, -0.2) is 49.1 Å². The molecule has 0 aliphatic heterocycles. The molecular weight excluding hydrogens is 318 g/mol. The molecule has 0 atom stereocenters. The van der Waals surface area contributed by atoms with Gasteiger partial charge in [0.25, 0.3) is 0 Å². The van der Waals surface area contributed by atoms with Gasteiger partial charge in [0, 0.05) is 12.6 Å². The van der Waals surface area contributed by atoms with Crippen molar-refractivity contribution in [3.05, 3.63) is 18.2 Å². The van der Waals surface area contributed by atoms with Gasteiger partial charge in [0.05, 0.1) is 30.6 Å². The second-order valence-corrected chi connectivity index (χ2v) is 8.34. The number of rotatable bonds is 8. The summed E-state index contributed by atoms with van der Waals surface area (Å²) in [6.07, 6.45) is 0. The summed E-state index contributed by atoms with van der Waals surface area (Å²) < 4.78 is 59.1. The quantitative estimate of drug-likeness (QED) is 0.738. The van der Waals surface area contributed by atoms with E-state index >= 15 is 0 Å². The number of nitrogens with one attached hydrogen (secondary N) is 1. The number of benzene rings is 1. The Morgan fingerprint density at radius 1 is 1.05 bits per heavy atom. The Morgan fingerprint density at radius 3 is 2.19 bits per heavy atom. The Kier molecular flexibility index (Phi) is 5.99. The largest absolute Gasteiger partial charge is 0.493 e. The van der Waals surface area contributed by atoms with Crippen molar-refractivity contribution in [3.8, 4) is 11.5 Å². The van der Waals surface area contributed by atoms with Gasteiger partial charge in [-0.3, -0.25) is 0 Å². The number of hydrogen-bond acceptors (Lipinski definition) is 6. The van der Waals surface area contributed by atoms with Crippen LogP contribution in [0.5, 0.6) is 11.5 Å².